The Morgan fingerprint density at radius 1 is 1.27 bits per heavy atom. The fourth-order valence-electron chi connectivity index (χ4n) is 1.99. The molecule has 30 heavy (non-hydrogen) atoms. The van der Waals surface area contributed by atoms with Crippen LogP contribution in [0.2, 0.25) is 5.02 Å². The number of nitriles is 1. The van der Waals surface area contributed by atoms with Gasteiger partial charge in [0.05, 0.1) is 11.0 Å². The third kappa shape index (κ3) is 5.54. The highest BCUT2D eigenvalue weighted by Crippen LogP contribution is 2.26. The van der Waals surface area contributed by atoms with Crippen molar-refractivity contribution in [2.24, 2.45) is 10.9 Å². The Morgan fingerprint density at radius 2 is 1.93 bits per heavy atom. The molecule has 5 N–H and O–H groups in total. The van der Waals surface area contributed by atoms with Crippen molar-refractivity contribution in [3.63, 3.8) is 0 Å². The predicted octanol–water partition coefficient (Wildman–Crippen LogP) is 0.413. The zero-order valence-corrected chi connectivity index (χ0v) is 16.2. The molecule has 0 aliphatic carbocycles. The number of nitrogens with zero attached hydrogens (tertiary/aromatic N) is 4. The van der Waals surface area contributed by atoms with E-state index >= 15 is 0 Å². The second-order valence-corrected chi connectivity index (χ2v) is 6.69. The highest BCUT2D eigenvalue weighted by molar-refractivity contribution is 7.18. The van der Waals surface area contributed by atoms with Crippen molar-refractivity contribution in [2.75, 3.05) is 5.32 Å². The topological polar surface area (TPSA) is 206 Å². The van der Waals surface area contributed by atoms with Crippen LogP contribution in [0.15, 0.2) is 35.6 Å². The smallest absolute Gasteiger partial charge is 0.296 e. The summed E-state index contributed by atoms with van der Waals surface area (Å²) >= 11 is 6.39. The number of carbonyl (C=O) groups excluding carboxylic acids is 3. The second-order valence-electron chi connectivity index (χ2n) is 5.24. The summed E-state index contributed by atoms with van der Waals surface area (Å²) in [6.07, 6.45) is 0.936. The number of hydrogen-bond acceptors (Lipinski definition) is 10. The second kappa shape index (κ2) is 10.0. The molecule has 1 aromatic carbocycles. The number of anilines is 1. The first-order chi connectivity index (χ1) is 14.3. The van der Waals surface area contributed by atoms with Crippen LogP contribution in [0.5, 0.6) is 0 Å². The van der Waals surface area contributed by atoms with Crippen LogP contribution in [-0.2, 0) is 14.4 Å². The van der Waals surface area contributed by atoms with Crippen LogP contribution in [-0.4, -0.2) is 33.3 Å². The van der Waals surface area contributed by atoms with Crippen molar-refractivity contribution >= 4 is 56.5 Å². The van der Waals surface area contributed by atoms with Crippen LogP contribution in [0.25, 0.3) is 0 Å². The van der Waals surface area contributed by atoms with Gasteiger partial charge in [-0.25, -0.2) is 16.3 Å². The third-order valence-corrected chi connectivity index (χ3v) is 4.46. The van der Waals surface area contributed by atoms with E-state index in [1.165, 1.54) is 24.3 Å². The van der Waals surface area contributed by atoms with E-state index in [0.717, 1.165) is 6.20 Å². The summed E-state index contributed by atoms with van der Waals surface area (Å²) in [6.45, 7) is 0. The molecule has 0 aliphatic rings. The first kappa shape index (κ1) is 22.4. The van der Waals surface area contributed by atoms with Gasteiger partial charge in [-0.05, 0) is 29.0 Å². The molecule has 0 radical (unpaired) electrons. The van der Waals surface area contributed by atoms with Gasteiger partial charge in [-0.2, -0.15) is 10.4 Å². The van der Waals surface area contributed by atoms with E-state index in [4.69, 9.17) is 17.4 Å². The van der Waals surface area contributed by atoms with Crippen molar-refractivity contribution in [3.8, 4) is 6.07 Å². The van der Waals surface area contributed by atoms with Crippen molar-refractivity contribution in [2.45, 2.75) is 5.92 Å². The normalized spacial score (nSPS) is 11.7. The molecule has 1 atom stereocenters. The molecule has 0 aliphatic heterocycles. The zero-order valence-electron chi connectivity index (χ0n) is 14.7. The van der Waals surface area contributed by atoms with E-state index in [1.807, 2.05) is 11.5 Å². The fraction of sp³-hybridized carbons (Fsp3) is 0.0667. The van der Waals surface area contributed by atoms with E-state index < -0.39 is 34.3 Å². The van der Waals surface area contributed by atoms with Crippen molar-refractivity contribution in [1.82, 2.24) is 15.8 Å². The Kier molecular flexibility index (Phi) is 7.47. The number of hydrazone groups is 1. The van der Waals surface area contributed by atoms with Gasteiger partial charge in [0, 0.05) is 5.02 Å². The predicted molar refractivity (Wildman–Crippen MR) is 105 cm³/mol. The average Bonchev–Trinajstić information content (AvgIpc) is 3.19. The van der Waals surface area contributed by atoms with Gasteiger partial charge in [-0.3, -0.25) is 35.2 Å². The molecular weight excluding hydrogens is 440 g/mol. The summed E-state index contributed by atoms with van der Waals surface area (Å²) in [6, 6.07) is 7.73. The van der Waals surface area contributed by atoms with Crippen LogP contribution in [0.1, 0.15) is 11.5 Å². The number of amides is 3. The molecule has 0 spiro atoms. The van der Waals surface area contributed by atoms with Gasteiger partial charge >= 0.3 is 16.8 Å². The molecule has 0 saturated carbocycles. The van der Waals surface area contributed by atoms with Crippen LogP contribution in [0, 0.1) is 21.4 Å². The van der Waals surface area contributed by atoms with Gasteiger partial charge in [-0.1, -0.05) is 23.7 Å². The molecule has 0 unspecified atom stereocenters. The van der Waals surface area contributed by atoms with E-state index in [9.17, 15) is 29.8 Å². The SMILES string of the molecule is N#C[C@@H](/C(=N\NC(=O)C(=O)NN)C(=O)Nc1ncc([N+](=O)[O-])s1)c1ccc(Cl)cc1. The summed E-state index contributed by atoms with van der Waals surface area (Å²) in [5.74, 6) is 0.0269. The Bertz CT molecular complexity index is 1060. The number of nitro groups is 1. The number of nitrogens with two attached hydrogens (primary N) is 1. The lowest BCUT2D eigenvalue weighted by atomic mass is 9.95. The highest BCUT2D eigenvalue weighted by Gasteiger charge is 2.27. The number of hydrogen-bond donors (Lipinski definition) is 4. The van der Waals surface area contributed by atoms with Crippen LogP contribution in [0.4, 0.5) is 10.1 Å². The van der Waals surface area contributed by atoms with Crippen molar-refractivity contribution in [1.29, 1.82) is 5.26 Å². The number of hydrazine groups is 1. The monoisotopic (exact) mass is 450 g/mol. The Morgan fingerprint density at radius 3 is 2.47 bits per heavy atom. The van der Waals surface area contributed by atoms with Gasteiger partial charge in [0.1, 0.15) is 17.8 Å². The van der Waals surface area contributed by atoms with E-state index in [1.54, 1.807) is 5.43 Å². The van der Waals surface area contributed by atoms with Crippen molar-refractivity contribution < 1.29 is 19.3 Å². The maximum Gasteiger partial charge on any atom is 0.345 e. The summed E-state index contributed by atoms with van der Waals surface area (Å²) in [5.41, 5.74) is 3.18. The minimum absolute atomic E-state index is 0.141. The van der Waals surface area contributed by atoms with Gasteiger partial charge in [0.25, 0.3) is 5.91 Å². The first-order valence-corrected chi connectivity index (χ1v) is 8.91. The minimum Gasteiger partial charge on any atom is -0.296 e. The molecule has 0 fully saturated rings. The largest absolute Gasteiger partial charge is 0.345 e. The molecule has 0 saturated heterocycles. The van der Waals surface area contributed by atoms with E-state index in [2.05, 4.69) is 15.4 Å². The Balaban J connectivity index is 2.37. The number of rotatable bonds is 6. The minimum atomic E-state index is -1.29. The van der Waals surface area contributed by atoms with Crippen LogP contribution < -0.4 is 22.0 Å². The molecule has 13 nitrogen and oxygen atoms in total. The van der Waals surface area contributed by atoms with Gasteiger partial charge in [-0.15, -0.1) is 0 Å². The maximum absolute atomic E-state index is 12.7. The molecule has 15 heteroatoms. The van der Waals surface area contributed by atoms with Gasteiger partial charge in [0.2, 0.25) is 0 Å². The number of carbonyl (C=O) groups is 3. The van der Waals surface area contributed by atoms with Gasteiger partial charge in [0.15, 0.2) is 5.13 Å². The fourth-order valence-corrected chi connectivity index (χ4v) is 2.74. The lowest BCUT2D eigenvalue weighted by Gasteiger charge is -2.12. The number of thiazole rings is 1. The molecular formula is C15H11ClN8O5S. The van der Waals surface area contributed by atoms with E-state index in [0.29, 0.717) is 21.9 Å². The molecule has 2 rings (SSSR count). The lowest BCUT2D eigenvalue weighted by Crippen LogP contribution is -2.42. The summed E-state index contributed by atoms with van der Waals surface area (Å²) < 4.78 is 0. The number of halogens is 1. The standard InChI is InChI=1S/C15H11ClN8O5S/c16-8-3-1-7(2-4-8)9(5-17)11(22-23-14(27)13(26)21-18)12(25)20-15-19-6-10(30-15)24(28)29/h1-4,6,9H,18H2,(H,21,26)(H,23,27)(H,19,20,25)/b22-11+/t9-/m1/s1. The number of benzene rings is 1. The molecule has 0 bridgehead atoms. The summed E-state index contributed by atoms with van der Waals surface area (Å²) in [5, 5.41) is 26.1. The number of aromatic nitrogens is 1. The molecule has 3 amide bonds. The maximum atomic E-state index is 12.7. The first-order valence-electron chi connectivity index (χ1n) is 7.72. The van der Waals surface area contributed by atoms with Gasteiger partial charge < -0.3 is 0 Å². The van der Waals surface area contributed by atoms with E-state index in [-0.39, 0.29) is 10.1 Å². The highest BCUT2D eigenvalue weighted by atomic mass is 35.5. The van der Waals surface area contributed by atoms with Crippen molar-refractivity contribution in [3.05, 3.63) is 51.2 Å². The molecule has 154 valence electrons. The number of nitrogens with one attached hydrogen (secondary N) is 3. The summed E-state index contributed by atoms with van der Waals surface area (Å²) in [4.78, 5) is 49.3. The quantitative estimate of drug-likeness (QED) is 0.121. The average molecular weight is 451 g/mol. The van der Waals surface area contributed by atoms with Crippen LogP contribution in [0.3, 0.4) is 0 Å². The third-order valence-electron chi connectivity index (χ3n) is 3.35. The zero-order chi connectivity index (χ0) is 22.3. The molecule has 1 aromatic heterocycles. The Hall–Kier alpha value is -3.93. The summed E-state index contributed by atoms with van der Waals surface area (Å²) in [7, 11) is 0. The lowest BCUT2D eigenvalue weighted by molar-refractivity contribution is -0.380. The Labute approximate surface area is 176 Å². The van der Waals surface area contributed by atoms with Crippen LogP contribution >= 0.6 is 22.9 Å². The molecule has 2 aromatic rings. The molecule has 1 heterocycles.